The number of rotatable bonds is 6. The van der Waals surface area contributed by atoms with E-state index in [0.29, 0.717) is 5.56 Å². The fourth-order valence-corrected chi connectivity index (χ4v) is 3.12. The molecule has 0 aliphatic heterocycles. The number of carbonyl (C=O) groups excluding carboxylic acids is 1. The van der Waals surface area contributed by atoms with Crippen molar-refractivity contribution in [3.05, 3.63) is 108 Å². The van der Waals surface area contributed by atoms with Crippen LogP contribution in [-0.4, -0.2) is 30.4 Å². The van der Waals surface area contributed by atoms with Crippen LogP contribution < -0.4 is 10.6 Å². The molecule has 0 unspecified atom stereocenters. The molecular weight excluding hydrogens is 507 g/mol. The number of nitrogens with one attached hydrogen (secondary N) is 2. The number of hydrogen-bond donors (Lipinski definition) is 2. The summed E-state index contributed by atoms with van der Waals surface area (Å²) in [6.45, 7) is -1.84. The molecular formula is C28H22F3N7O. The molecule has 8 nitrogen and oxygen atoms in total. The minimum absolute atomic E-state index is 0.0448. The number of hydrogen-bond acceptors (Lipinski definition) is 6. The molecule has 0 aliphatic carbocycles. The maximum absolute atomic E-state index is 14.3. The van der Waals surface area contributed by atoms with Crippen molar-refractivity contribution in [2.45, 2.75) is 20.0 Å². The SMILES string of the molecule is [2H]c1nc(Nc2c([2H])c(C(=O)Nc3c([2H])c(-n4c([2H])nc(C([2H])([2H])[2H])c4[2H])c([2H])c(C(F)(F)F)c3[2H])c([2H])c([2H])c2C)nc(-c2cccnc2)c1[2H]. The van der Waals surface area contributed by atoms with Crippen LogP contribution in [0.3, 0.4) is 0 Å². The number of benzene rings is 2. The Bertz CT molecular complexity index is 2280. The summed E-state index contributed by atoms with van der Waals surface area (Å²) in [6.07, 6.45) is -5.53. The highest BCUT2D eigenvalue weighted by Crippen LogP contribution is 2.33. The number of carbonyl (C=O) groups is 1. The fraction of sp³-hybridized carbons (Fsp3) is 0.107. The average Bonchev–Trinajstić information content (AvgIpc) is 3.35. The van der Waals surface area contributed by atoms with E-state index in [0.717, 1.165) is 0 Å². The Morgan fingerprint density at radius 3 is 2.74 bits per heavy atom. The normalized spacial score (nSPS) is 16.4. The molecule has 0 bridgehead atoms. The fourth-order valence-electron chi connectivity index (χ4n) is 3.12. The Hall–Kier alpha value is -5.06. The minimum atomic E-state index is -5.50. The van der Waals surface area contributed by atoms with E-state index in [4.69, 9.17) is 17.8 Å². The van der Waals surface area contributed by atoms with E-state index < -0.39 is 102 Å². The number of anilines is 3. The number of halogens is 3. The van der Waals surface area contributed by atoms with E-state index in [1.807, 2.05) is 5.32 Å². The zero-order valence-electron chi connectivity index (χ0n) is 32.6. The van der Waals surface area contributed by atoms with Gasteiger partial charge in [0.15, 0.2) is 0 Å². The summed E-state index contributed by atoms with van der Waals surface area (Å²) in [5.41, 5.74) is -6.64. The van der Waals surface area contributed by atoms with Crippen LogP contribution in [0.1, 0.15) is 45.0 Å². The van der Waals surface area contributed by atoms with Gasteiger partial charge in [0.1, 0.15) is 1.37 Å². The van der Waals surface area contributed by atoms with Crippen LogP contribution in [0.2, 0.25) is 0 Å². The van der Waals surface area contributed by atoms with Crippen LogP contribution in [0.4, 0.5) is 30.5 Å². The smallest absolute Gasteiger partial charge is 0.324 e. The molecule has 0 saturated carbocycles. The predicted octanol–water partition coefficient (Wildman–Crippen LogP) is 6.36. The van der Waals surface area contributed by atoms with Crippen molar-refractivity contribution in [2.75, 3.05) is 10.6 Å². The Balaban J connectivity index is 1.67. The lowest BCUT2D eigenvalue weighted by molar-refractivity contribution is -0.137. The maximum Gasteiger partial charge on any atom is 0.416 e. The highest BCUT2D eigenvalue weighted by atomic mass is 19.4. The number of nitrogens with zero attached hydrogens (tertiary/aromatic N) is 5. The monoisotopic (exact) mass is 542 g/mol. The first-order valence-electron chi connectivity index (χ1n) is 17.3. The predicted molar refractivity (Wildman–Crippen MR) is 141 cm³/mol. The van der Waals surface area contributed by atoms with Gasteiger partial charge in [-0.1, -0.05) is 6.04 Å². The van der Waals surface area contributed by atoms with Crippen molar-refractivity contribution in [1.82, 2.24) is 24.5 Å². The second-order valence-electron chi connectivity index (χ2n) is 7.68. The average molecular weight is 543 g/mol. The summed E-state index contributed by atoms with van der Waals surface area (Å²) in [7, 11) is 0. The first kappa shape index (κ1) is 14.2. The van der Waals surface area contributed by atoms with E-state index in [1.54, 1.807) is 12.1 Å². The maximum atomic E-state index is 14.3. The van der Waals surface area contributed by atoms with Gasteiger partial charge in [-0.05, 0) is 67.7 Å². The van der Waals surface area contributed by atoms with E-state index in [9.17, 15) is 18.0 Å². The lowest BCUT2D eigenvalue weighted by atomic mass is 10.1. The molecule has 0 spiro atoms. The second-order valence-corrected chi connectivity index (χ2v) is 7.68. The van der Waals surface area contributed by atoms with Gasteiger partial charge in [0.05, 0.1) is 35.6 Å². The van der Waals surface area contributed by atoms with Gasteiger partial charge in [0.2, 0.25) is 5.95 Å². The molecule has 2 N–H and O–H groups in total. The van der Waals surface area contributed by atoms with Gasteiger partial charge in [-0.3, -0.25) is 9.78 Å². The molecule has 0 fully saturated rings. The van der Waals surface area contributed by atoms with E-state index in [1.165, 1.54) is 19.3 Å². The van der Waals surface area contributed by atoms with Gasteiger partial charge in [0, 0.05) is 57.0 Å². The number of aromatic nitrogens is 5. The minimum Gasteiger partial charge on any atom is -0.324 e. The molecule has 0 atom stereocenters. The molecule has 0 aliphatic rings. The summed E-state index contributed by atoms with van der Waals surface area (Å²) >= 11 is 0. The van der Waals surface area contributed by atoms with Crippen molar-refractivity contribution in [1.29, 1.82) is 0 Å². The van der Waals surface area contributed by atoms with Crippen molar-refractivity contribution >= 4 is 23.2 Å². The van der Waals surface area contributed by atoms with Gasteiger partial charge >= 0.3 is 6.18 Å². The van der Waals surface area contributed by atoms with Gasteiger partial charge < -0.3 is 15.2 Å². The van der Waals surface area contributed by atoms with Crippen molar-refractivity contribution in [2.24, 2.45) is 0 Å². The van der Waals surface area contributed by atoms with Crippen LogP contribution in [0, 0.1) is 13.8 Å². The lowest BCUT2D eigenvalue weighted by Gasteiger charge is -2.14. The Kier molecular flexibility index (Phi) is 3.77. The van der Waals surface area contributed by atoms with E-state index in [-0.39, 0.29) is 33.5 Å². The van der Waals surface area contributed by atoms with E-state index >= 15 is 0 Å². The third kappa shape index (κ3) is 5.93. The summed E-state index contributed by atoms with van der Waals surface area (Å²) in [4.78, 5) is 29.1. The molecule has 196 valence electrons. The lowest BCUT2D eigenvalue weighted by Crippen LogP contribution is -2.14. The van der Waals surface area contributed by atoms with E-state index in [2.05, 4.69) is 25.3 Å². The van der Waals surface area contributed by atoms with Crippen molar-refractivity contribution in [3.63, 3.8) is 0 Å². The Morgan fingerprint density at radius 2 is 2.00 bits per heavy atom. The molecule has 3 aromatic heterocycles. The number of aryl methyl sites for hydroxylation is 1. The quantitative estimate of drug-likeness (QED) is 0.259. The Morgan fingerprint density at radius 1 is 1.13 bits per heavy atom. The number of imidazole rings is 1. The topological polar surface area (TPSA) is 97.6 Å². The van der Waals surface area contributed by atoms with Crippen LogP contribution in [0.5, 0.6) is 0 Å². The molecule has 1 amide bonds. The van der Waals surface area contributed by atoms with Crippen molar-refractivity contribution in [3.8, 4) is 16.9 Å². The molecule has 2 aromatic carbocycles. The number of amides is 1. The zero-order valence-corrected chi connectivity index (χ0v) is 19.6. The van der Waals surface area contributed by atoms with Crippen LogP contribution in [0.25, 0.3) is 16.9 Å². The molecule has 5 rings (SSSR count). The first-order chi connectivity index (χ1) is 24.1. The summed E-state index contributed by atoms with van der Waals surface area (Å²) in [5, 5.41) is 4.48. The largest absolute Gasteiger partial charge is 0.416 e. The van der Waals surface area contributed by atoms with Gasteiger partial charge in [-0.25, -0.2) is 15.0 Å². The molecule has 3 heterocycles. The molecule has 0 saturated heterocycles. The highest BCUT2D eigenvalue weighted by molar-refractivity contribution is 6.05. The second kappa shape index (κ2) is 10.4. The number of pyridine rings is 1. The van der Waals surface area contributed by atoms with Gasteiger partial charge in [-0.2, -0.15) is 13.2 Å². The Labute approximate surface area is 239 Å². The van der Waals surface area contributed by atoms with Crippen LogP contribution in [-0.2, 0) is 6.18 Å². The molecule has 39 heavy (non-hydrogen) atoms. The van der Waals surface area contributed by atoms with Crippen molar-refractivity contribution < 1.29 is 35.8 Å². The third-order valence-electron chi connectivity index (χ3n) is 4.91. The molecule has 5 aromatic rings. The molecule has 0 radical (unpaired) electrons. The standard InChI is InChI=1S/C28H22F3N7O/c1-17-5-6-19(10-25(17)37-27-33-9-7-24(36-27)20-4-3-8-32-14-20)26(39)35-22-11-21(28(29,30)31)12-23(13-22)38-15-18(2)34-16-38/h3-16H,1-2H3,(H,35,39)(H,33,36,37)/i2D3,5D,6D,7D,9D,10D,11D,12D,13D,15D,16D. The highest BCUT2D eigenvalue weighted by Gasteiger charge is 2.31. The summed E-state index contributed by atoms with van der Waals surface area (Å²) in [6, 6.07) is -4.10. The van der Waals surface area contributed by atoms with Crippen LogP contribution >= 0.6 is 0 Å². The molecule has 11 heteroatoms. The summed E-state index contributed by atoms with van der Waals surface area (Å²) in [5.74, 6) is -1.93. The van der Waals surface area contributed by atoms with Gasteiger partial charge in [0.25, 0.3) is 5.91 Å². The first-order valence-corrected chi connectivity index (χ1v) is 10.8. The summed E-state index contributed by atoms with van der Waals surface area (Å²) < 4.78 is 149. The number of alkyl halides is 3. The third-order valence-corrected chi connectivity index (χ3v) is 4.91. The zero-order chi connectivity index (χ0) is 38.8. The van der Waals surface area contributed by atoms with Crippen LogP contribution in [0.15, 0.2) is 85.5 Å². The van der Waals surface area contributed by atoms with Gasteiger partial charge in [-0.15, -0.1) is 0 Å².